The molecule has 0 unspecified atom stereocenters. The summed E-state index contributed by atoms with van der Waals surface area (Å²) in [7, 11) is 4.06. The fraction of sp³-hybridized carbons (Fsp3) is 0.588. The summed E-state index contributed by atoms with van der Waals surface area (Å²) in [6, 6.07) is 5.29. The first-order valence-corrected chi connectivity index (χ1v) is 17.2. The Labute approximate surface area is 266 Å². The molecular formula is C34H49N6O3Si. The smallest absolute Gasteiger partial charge is 0.318 e. The molecule has 1 aliphatic heterocycles. The van der Waals surface area contributed by atoms with Crippen molar-refractivity contribution in [3.63, 3.8) is 0 Å². The molecule has 0 aliphatic carbocycles. The van der Waals surface area contributed by atoms with Gasteiger partial charge in [0, 0.05) is 57.8 Å². The van der Waals surface area contributed by atoms with Gasteiger partial charge in [0.05, 0.1) is 18.9 Å². The SMILES string of the molecule is C=CC(=O)C(CCCN(CCC)c1nc(OC[C@@H]2CCCN2C)nc(CC)c1CCCCc1cnccc1OC)=[Si]CC#N. The topological polar surface area (TPSA) is 104 Å². The molecule has 0 saturated carbocycles. The van der Waals surface area contributed by atoms with Gasteiger partial charge in [-0.15, -0.1) is 0 Å². The van der Waals surface area contributed by atoms with Crippen LogP contribution in [0.2, 0.25) is 6.04 Å². The number of pyridine rings is 1. The average Bonchev–Trinajstić information content (AvgIpc) is 3.47. The number of allylic oxidation sites excluding steroid dienone is 1. The van der Waals surface area contributed by atoms with E-state index < -0.39 is 0 Å². The number of anilines is 1. The van der Waals surface area contributed by atoms with E-state index in [0.29, 0.717) is 31.1 Å². The van der Waals surface area contributed by atoms with Gasteiger partial charge in [-0.1, -0.05) is 20.4 Å². The molecular weight excluding hydrogens is 568 g/mol. The number of aromatic nitrogens is 3. The number of aryl methyl sites for hydroxylation is 2. The van der Waals surface area contributed by atoms with Crippen molar-refractivity contribution in [2.75, 3.05) is 45.3 Å². The van der Waals surface area contributed by atoms with Gasteiger partial charge >= 0.3 is 6.01 Å². The molecule has 1 saturated heterocycles. The van der Waals surface area contributed by atoms with Gasteiger partial charge < -0.3 is 19.3 Å². The number of hydrogen-bond acceptors (Lipinski definition) is 9. The highest BCUT2D eigenvalue weighted by atomic mass is 28.2. The second kappa shape index (κ2) is 19.1. The zero-order valence-electron chi connectivity index (χ0n) is 27.1. The standard InChI is InChI=1S/C34H49N6O3Si/c1-6-20-40(22-12-16-32(30(41)8-3)44-23-18-35)33-28(15-10-9-13-26-24-36-19-17-31(26)42-5)29(7-2)37-34(38-33)43-25-27-14-11-21-39(27)4/h8,17,19,24,27H,3,6-7,9-16,20-23,25H2,1-2,4-5H3/t27-/m0/s1. The summed E-state index contributed by atoms with van der Waals surface area (Å²) in [5.41, 5.74) is 3.34. The molecule has 0 bridgehead atoms. The molecule has 2 aromatic rings. The number of unbranched alkanes of at least 4 members (excludes halogenated alkanes) is 1. The summed E-state index contributed by atoms with van der Waals surface area (Å²) in [6.07, 6.45) is 14.3. The van der Waals surface area contributed by atoms with Crippen molar-refractivity contribution < 1.29 is 14.3 Å². The molecule has 3 rings (SSSR count). The molecule has 1 atom stereocenters. The molecule has 1 aliphatic rings. The monoisotopic (exact) mass is 617 g/mol. The first-order chi connectivity index (χ1) is 21.4. The lowest BCUT2D eigenvalue weighted by Gasteiger charge is -2.28. The number of ketones is 1. The predicted octanol–water partition coefficient (Wildman–Crippen LogP) is 5.05. The molecule has 237 valence electrons. The predicted molar refractivity (Wildman–Crippen MR) is 178 cm³/mol. The molecule has 0 amide bonds. The summed E-state index contributed by atoms with van der Waals surface area (Å²) in [5, 5.41) is 9.87. The Bertz CT molecular complexity index is 1290. The first-order valence-electron chi connectivity index (χ1n) is 16.0. The van der Waals surface area contributed by atoms with Gasteiger partial charge in [-0.25, -0.2) is 0 Å². The fourth-order valence-electron chi connectivity index (χ4n) is 5.76. The minimum Gasteiger partial charge on any atom is -0.496 e. The Balaban J connectivity index is 1.84. The van der Waals surface area contributed by atoms with Crippen LogP contribution in [0.25, 0.3) is 0 Å². The Morgan fingerprint density at radius 2 is 2.07 bits per heavy atom. The maximum Gasteiger partial charge on any atom is 0.318 e. The van der Waals surface area contributed by atoms with Crippen molar-refractivity contribution in [2.45, 2.75) is 90.1 Å². The highest BCUT2D eigenvalue weighted by Gasteiger charge is 2.24. The second-order valence-electron chi connectivity index (χ2n) is 11.2. The molecule has 0 spiro atoms. The van der Waals surface area contributed by atoms with E-state index >= 15 is 0 Å². The summed E-state index contributed by atoms with van der Waals surface area (Å²) in [6.45, 7) is 11.3. The largest absolute Gasteiger partial charge is 0.496 e. The van der Waals surface area contributed by atoms with Crippen LogP contribution in [0.3, 0.4) is 0 Å². The van der Waals surface area contributed by atoms with E-state index in [1.165, 1.54) is 18.1 Å². The zero-order valence-corrected chi connectivity index (χ0v) is 28.1. The van der Waals surface area contributed by atoms with Crippen LogP contribution in [0.15, 0.2) is 31.1 Å². The quantitative estimate of drug-likeness (QED) is 0.115. The number of methoxy groups -OCH3 is 1. The Kier molecular flexibility index (Phi) is 15.2. The molecule has 10 heteroatoms. The van der Waals surface area contributed by atoms with E-state index in [9.17, 15) is 4.79 Å². The van der Waals surface area contributed by atoms with E-state index in [0.717, 1.165) is 99.0 Å². The molecule has 9 nitrogen and oxygen atoms in total. The zero-order chi connectivity index (χ0) is 31.7. The van der Waals surface area contributed by atoms with Crippen LogP contribution in [0.5, 0.6) is 11.8 Å². The fourth-order valence-corrected chi connectivity index (χ4v) is 6.68. The third-order valence-corrected chi connectivity index (χ3v) is 9.43. The lowest BCUT2D eigenvalue weighted by Crippen LogP contribution is -2.32. The van der Waals surface area contributed by atoms with Gasteiger partial charge in [-0.05, 0) is 95.1 Å². The summed E-state index contributed by atoms with van der Waals surface area (Å²) in [5.74, 6) is 1.78. The number of hydrogen-bond donors (Lipinski definition) is 0. The first kappa shape index (κ1) is 35.1. The normalized spacial score (nSPS) is 15.2. The highest BCUT2D eigenvalue weighted by molar-refractivity contribution is 6.73. The lowest BCUT2D eigenvalue weighted by atomic mass is 10.0. The van der Waals surface area contributed by atoms with Crippen molar-refractivity contribution in [3.05, 3.63) is 47.9 Å². The second-order valence-corrected chi connectivity index (χ2v) is 12.6. The molecule has 2 aromatic heterocycles. The van der Waals surface area contributed by atoms with Gasteiger partial charge in [0.2, 0.25) is 0 Å². The van der Waals surface area contributed by atoms with Crippen LogP contribution in [-0.4, -0.2) is 86.4 Å². The third kappa shape index (κ3) is 10.3. The number of rotatable bonds is 20. The Hall–Kier alpha value is -3.42. The number of likely N-dealkylation sites (N-methyl/N-ethyl adjacent to an activating group) is 1. The maximum absolute atomic E-state index is 12.4. The van der Waals surface area contributed by atoms with Crippen molar-refractivity contribution in [1.82, 2.24) is 19.9 Å². The van der Waals surface area contributed by atoms with Crippen LogP contribution in [0, 0.1) is 11.3 Å². The van der Waals surface area contributed by atoms with E-state index in [1.54, 1.807) is 13.3 Å². The van der Waals surface area contributed by atoms with Crippen LogP contribution in [0.1, 0.15) is 75.6 Å². The van der Waals surface area contributed by atoms with E-state index in [1.807, 2.05) is 12.3 Å². The van der Waals surface area contributed by atoms with Crippen LogP contribution in [0.4, 0.5) is 5.82 Å². The van der Waals surface area contributed by atoms with Crippen LogP contribution in [-0.2, 0) is 24.1 Å². The van der Waals surface area contributed by atoms with E-state index in [-0.39, 0.29) is 14.9 Å². The lowest BCUT2D eigenvalue weighted by molar-refractivity contribution is -0.108. The van der Waals surface area contributed by atoms with E-state index in [4.69, 9.17) is 24.7 Å². The van der Waals surface area contributed by atoms with Crippen molar-refractivity contribution in [3.8, 4) is 17.8 Å². The van der Waals surface area contributed by atoms with Crippen LogP contribution < -0.4 is 14.4 Å². The maximum atomic E-state index is 12.4. The van der Waals surface area contributed by atoms with Crippen LogP contribution >= 0.6 is 0 Å². The number of nitriles is 1. The highest BCUT2D eigenvalue weighted by Crippen LogP contribution is 2.28. The minimum absolute atomic E-state index is 0.0468. The summed E-state index contributed by atoms with van der Waals surface area (Å²) in [4.78, 5) is 31.4. The van der Waals surface area contributed by atoms with Gasteiger partial charge in [-0.3, -0.25) is 9.78 Å². The molecule has 0 N–H and O–H groups in total. The molecule has 44 heavy (non-hydrogen) atoms. The number of carbonyl (C=O) groups excluding carboxylic acids is 1. The number of nitrogens with zero attached hydrogens (tertiary/aromatic N) is 6. The third-order valence-electron chi connectivity index (χ3n) is 8.17. The molecule has 1 fully saturated rings. The Morgan fingerprint density at radius 3 is 2.75 bits per heavy atom. The van der Waals surface area contributed by atoms with Gasteiger partial charge in [0.25, 0.3) is 0 Å². The average molecular weight is 618 g/mol. The van der Waals surface area contributed by atoms with Gasteiger partial charge in [0.1, 0.15) is 18.2 Å². The molecule has 3 heterocycles. The molecule has 1 radical (unpaired) electrons. The number of carbonyl (C=O) groups is 1. The summed E-state index contributed by atoms with van der Waals surface area (Å²) >= 11 is 0. The Morgan fingerprint density at radius 1 is 1.25 bits per heavy atom. The van der Waals surface area contributed by atoms with E-state index in [2.05, 4.69) is 48.3 Å². The van der Waals surface area contributed by atoms with Crippen molar-refractivity contribution >= 4 is 25.9 Å². The summed E-state index contributed by atoms with van der Waals surface area (Å²) < 4.78 is 11.8. The number of likely N-dealkylation sites (tertiary alicyclic amines) is 1. The van der Waals surface area contributed by atoms with Gasteiger partial charge in [-0.2, -0.15) is 15.2 Å². The van der Waals surface area contributed by atoms with Crippen molar-refractivity contribution in [1.29, 1.82) is 5.26 Å². The van der Waals surface area contributed by atoms with Crippen molar-refractivity contribution in [2.24, 2.45) is 0 Å². The van der Waals surface area contributed by atoms with Gasteiger partial charge in [0.15, 0.2) is 5.78 Å². The minimum atomic E-state index is -0.0468. The molecule has 0 aromatic carbocycles. The number of ether oxygens (including phenoxy) is 2.